The Hall–Kier alpha value is -3.75. The van der Waals surface area contributed by atoms with Gasteiger partial charge in [-0.1, -0.05) is 0 Å². The Morgan fingerprint density at radius 2 is 1.80 bits per heavy atom. The second-order valence-corrected chi connectivity index (χ2v) is 5.39. The maximum absolute atomic E-state index is 15.2. The molecule has 0 spiro atoms. The van der Waals surface area contributed by atoms with Crippen LogP contribution in [0.25, 0.3) is 44.7 Å². The van der Waals surface area contributed by atoms with E-state index in [1.54, 1.807) is 18.5 Å². The quantitative estimate of drug-likeness (QED) is 0.514. The fourth-order valence-corrected chi connectivity index (χ4v) is 2.74. The maximum Gasteiger partial charge on any atom is 0.161 e. The molecule has 0 saturated heterocycles. The van der Waals surface area contributed by atoms with Crippen molar-refractivity contribution in [3.8, 4) is 22.8 Å². The Labute approximate surface area is 139 Å². The van der Waals surface area contributed by atoms with Crippen LogP contribution in [-0.2, 0) is 0 Å². The van der Waals surface area contributed by atoms with Crippen LogP contribution >= 0.6 is 0 Å². The highest BCUT2D eigenvalue weighted by Gasteiger charge is 2.20. The average Bonchev–Trinajstić information content (AvgIpc) is 3.27. The van der Waals surface area contributed by atoms with E-state index in [1.807, 2.05) is 0 Å². The molecule has 9 heteroatoms. The van der Waals surface area contributed by atoms with Gasteiger partial charge in [0.2, 0.25) is 0 Å². The fraction of sp³-hybridized carbons (Fsp3) is 0. The van der Waals surface area contributed by atoms with Crippen LogP contribution in [0.15, 0.2) is 43.4 Å². The van der Waals surface area contributed by atoms with E-state index in [0.717, 1.165) is 5.52 Å². The molecule has 2 N–H and O–H groups in total. The van der Waals surface area contributed by atoms with Crippen LogP contribution in [0.1, 0.15) is 0 Å². The SMILES string of the molecule is Fc1c(-c2cncnc2)ncc2[nH]nc(-c3nc4cnccc4[nH]3)c12. The molecule has 0 saturated carbocycles. The Kier molecular flexibility index (Phi) is 2.80. The number of hydrogen-bond donors (Lipinski definition) is 2. The van der Waals surface area contributed by atoms with Gasteiger partial charge in [0.25, 0.3) is 0 Å². The zero-order valence-corrected chi connectivity index (χ0v) is 12.6. The summed E-state index contributed by atoms with van der Waals surface area (Å²) in [5, 5.41) is 7.30. The summed E-state index contributed by atoms with van der Waals surface area (Å²) < 4.78 is 15.2. The summed E-state index contributed by atoms with van der Waals surface area (Å²) >= 11 is 0. The normalized spacial score (nSPS) is 11.4. The first kappa shape index (κ1) is 13.7. The lowest BCUT2D eigenvalue weighted by atomic mass is 10.1. The number of rotatable bonds is 2. The first-order chi connectivity index (χ1) is 12.3. The average molecular weight is 332 g/mol. The van der Waals surface area contributed by atoms with Gasteiger partial charge in [-0.15, -0.1) is 0 Å². The monoisotopic (exact) mass is 332 g/mol. The van der Waals surface area contributed by atoms with Crippen molar-refractivity contribution in [1.29, 1.82) is 0 Å². The summed E-state index contributed by atoms with van der Waals surface area (Å²) in [6, 6.07) is 1.80. The van der Waals surface area contributed by atoms with Crippen molar-refractivity contribution in [1.82, 2.24) is 40.1 Å². The van der Waals surface area contributed by atoms with Crippen molar-refractivity contribution < 1.29 is 4.39 Å². The van der Waals surface area contributed by atoms with Crippen molar-refractivity contribution in [2.45, 2.75) is 0 Å². The Morgan fingerprint density at radius 1 is 0.920 bits per heavy atom. The number of halogens is 1. The number of aromatic amines is 2. The molecule has 0 radical (unpaired) electrons. The van der Waals surface area contributed by atoms with Crippen molar-refractivity contribution in [2.24, 2.45) is 0 Å². The summed E-state index contributed by atoms with van der Waals surface area (Å²) in [7, 11) is 0. The fourth-order valence-electron chi connectivity index (χ4n) is 2.74. The number of nitrogens with one attached hydrogen (secondary N) is 2. The Balaban J connectivity index is 1.77. The first-order valence-corrected chi connectivity index (χ1v) is 7.39. The van der Waals surface area contributed by atoms with Crippen LogP contribution in [0.2, 0.25) is 0 Å². The third kappa shape index (κ3) is 2.06. The summed E-state index contributed by atoms with van der Waals surface area (Å²) in [6.07, 6.45) is 9.22. The molecule has 0 unspecified atom stereocenters. The Morgan fingerprint density at radius 3 is 2.64 bits per heavy atom. The molecule has 0 bridgehead atoms. The molecule has 25 heavy (non-hydrogen) atoms. The molecule has 0 fully saturated rings. The lowest BCUT2D eigenvalue weighted by Crippen LogP contribution is -1.93. The number of H-pyrrole nitrogens is 2. The smallest absolute Gasteiger partial charge is 0.161 e. The number of aromatic nitrogens is 8. The van der Waals surface area contributed by atoms with E-state index in [1.165, 1.54) is 24.9 Å². The Bertz CT molecular complexity index is 1180. The van der Waals surface area contributed by atoms with Gasteiger partial charge < -0.3 is 4.98 Å². The molecule has 0 aliphatic rings. The van der Waals surface area contributed by atoms with E-state index in [4.69, 9.17) is 0 Å². The van der Waals surface area contributed by atoms with Gasteiger partial charge in [0.05, 0.1) is 28.8 Å². The number of nitrogens with zero attached hydrogens (tertiary/aromatic N) is 6. The predicted octanol–water partition coefficient (Wildman–Crippen LogP) is 2.49. The van der Waals surface area contributed by atoms with E-state index < -0.39 is 5.82 Å². The largest absolute Gasteiger partial charge is 0.336 e. The molecule has 5 heterocycles. The molecule has 0 atom stereocenters. The minimum atomic E-state index is -0.505. The summed E-state index contributed by atoms with van der Waals surface area (Å²) in [4.78, 5) is 23.6. The zero-order chi connectivity index (χ0) is 16.8. The van der Waals surface area contributed by atoms with Crippen LogP contribution < -0.4 is 0 Å². The first-order valence-electron chi connectivity index (χ1n) is 7.39. The van der Waals surface area contributed by atoms with Crippen molar-refractivity contribution >= 4 is 21.9 Å². The lowest BCUT2D eigenvalue weighted by Gasteiger charge is -2.03. The standard InChI is InChI=1S/C16H9FN8/c17-13-12-11(6-21-14(13)8-3-19-7-20-4-8)24-25-15(12)16-22-9-1-2-18-5-10(9)23-16/h1-7H,(H,22,23)(H,24,25). The van der Waals surface area contributed by atoms with Gasteiger partial charge in [-0.3, -0.25) is 15.1 Å². The number of fused-ring (bicyclic) bond motifs is 2. The molecular formula is C16H9FN8. The van der Waals surface area contributed by atoms with Crippen LogP contribution in [0.3, 0.4) is 0 Å². The van der Waals surface area contributed by atoms with Crippen molar-refractivity contribution in [2.75, 3.05) is 0 Å². The van der Waals surface area contributed by atoms with Gasteiger partial charge in [-0.2, -0.15) is 5.10 Å². The molecule has 120 valence electrons. The van der Waals surface area contributed by atoms with E-state index in [-0.39, 0.29) is 5.69 Å². The highest BCUT2D eigenvalue weighted by Crippen LogP contribution is 2.31. The molecule has 8 nitrogen and oxygen atoms in total. The second kappa shape index (κ2) is 5.13. The summed E-state index contributed by atoms with van der Waals surface area (Å²) in [5.41, 5.74) is 2.99. The zero-order valence-electron chi connectivity index (χ0n) is 12.6. The van der Waals surface area contributed by atoms with Gasteiger partial charge in [0.1, 0.15) is 23.2 Å². The maximum atomic E-state index is 15.2. The van der Waals surface area contributed by atoms with E-state index in [2.05, 4.69) is 40.1 Å². The molecule has 0 amide bonds. The van der Waals surface area contributed by atoms with Crippen LogP contribution in [0, 0.1) is 5.82 Å². The summed E-state index contributed by atoms with van der Waals surface area (Å²) in [6.45, 7) is 0. The molecular weight excluding hydrogens is 323 g/mol. The summed E-state index contributed by atoms with van der Waals surface area (Å²) in [5.74, 6) is -0.0516. The topological polar surface area (TPSA) is 109 Å². The number of imidazole rings is 1. The highest BCUT2D eigenvalue weighted by molar-refractivity contribution is 5.95. The van der Waals surface area contributed by atoms with Crippen molar-refractivity contribution in [3.05, 3.63) is 49.2 Å². The van der Waals surface area contributed by atoms with Crippen LogP contribution in [0.4, 0.5) is 4.39 Å². The molecule has 5 aromatic heterocycles. The number of pyridine rings is 2. The lowest BCUT2D eigenvalue weighted by molar-refractivity contribution is 0.638. The van der Waals surface area contributed by atoms with E-state index in [0.29, 0.717) is 33.5 Å². The van der Waals surface area contributed by atoms with Crippen LogP contribution in [-0.4, -0.2) is 40.1 Å². The highest BCUT2D eigenvalue weighted by atomic mass is 19.1. The van der Waals surface area contributed by atoms with E-state index >= 15 is 4.39 Å². The predicted molar refractivity (Wildman–Crippen MR) is 87.8 cm³/mol. The molecule has 0 aliphatic heterocycles. The number of hydrogen-bond acceptors (Lipinski definition) is 6. The molecule has 5 aromatic rings. The minimum Gasteiger partial charge on any atom is -0.336 e. The van der Waals surface area contributed by atoms with Gasteiger partial charge in [-0.25, -0.2) is 19.3 Å². The van der Waals surface area contributed by atoms with Crippen molar-refractivity contribution in [3.63, 3.8) is 0 Å². The minimum absolute atomic E-state index is 0.161. The second-order valence-electron chi connectivity index (χ2n) is 5.39. The van der Waals surface area contributed by atoms with Gasteiger partial charge in [0.15, 0.2) is 11.6 Å². The van der Waals surface area contributed by atoms with E-state index in [9.17, 15) is 0 Å². The van der Waals surface area contributed by atoms with Gasteiger partial charge >= 0.3 is 0 Å². The molecule has 0 aliphatic carbocycles. The van der Waals surface area contributed by atoms with Gasteiger partial charge in [0, 0.05) is 24.2 Å². The molecule has 0 aromatic carbocycles. The van der Waals surface area contributed by atoms with Crippen LogP contribution in [0.5, 0.6) is 0 Å². The third-order valence-corrected chi connectivity index (χ3v) is 3.89. The third-order valence-electron chi connectivity index (χ3n) is 3.89. The van der Waals surface area contributed by atoms with Gasteiger partial charge in [-0.05, 0) is 6.07 Å². The molecule has 5 rings (SSSR count).